The summed E-state index contributed by atoms with van der Waals surface area (Å²) in [5.41, 5.74) is 0.370. The number of ether oxygens (including phenoxy) is 1. The third-order valence-electron chi connectivity index (χ3n) is 3.01. The molecule has 0 aliphatic rings. The van der Waals surface area contributed by atoms with E-state index in [4.69, 9.17) is 21.4 Å². The Bertz CT molecular complexity index is 536. The van der Waals surface area contributed by atoms with Crippen molar-refractivity contribution >= 4 is 46.1 Å². The Morgan fingerprint density at radius 3 is 2.71 bits per heavy atom. The third kappa shape index (κ3) is 5.35. The molecule has 7 heteroatoms. The molecule has 1 amide bonds. The number of methoxy groups -OCH3 is 1. The van der Waals surface area contributed by atoms with E-state index in [1.807, 2.05) is 0 Å². The molecular formula is C14H17ClINO4. The molecule has 5 nitrogen and oxygen atoms in total. The number of benzene rings is 1. The van der Waals surface area contributed by atoms with Gasteiger partial charge in [-0.25, -0.2) is 0 Å². The summed E-state index contributed by atoms with van der Waals surface area (Å²) in [5.74, 6) is -1.06. The summed E-state index contributed by atoms with van der Waals surface area (Å²) in [6.07, 6.45) is 1.11. The molecule has 0 saturated carbocycles. The molecule has 0 aromatic heterocycles. The molecule has 1 unspecified atom stereocenters. The lowest BCUT2D eigenvalue weighted by Gasteiger charge is -2.11. The second-order valence-electron chi connectivity index (χ2n) is 4.60. The number of carbonyl (C=O) groups is 2. The number of hydrogen-bond acceptors (Lipinski definition) is 3. The summed E-state index contributed by atoms with van der Waals surface area (Å²) >= 11 is 8.08. The van der Waals surface area contributed by atoms with Gasteiger partial charge in [-0.2, -0.15) is 0 Å². The number of aliphatic carboxylic acids is 1. The van der Waals surface area contributed by atoms with Gasteiger partial charge in [0.25, 0.3) is 5.91 Å². The molecule has 116 valence electrons. The molecule has 2 N–H and O–H groups in total. The first-order valence-corrected chi connectivity index (χ1v) is 7.86. The van der Waals surface area contributed by atoms with E-state index in [0.29, 0.717) is 35.7 Å². The molecule has 21 heavy (non-hydrogen) atoms. The van der Waals surface area contributed by atoms with E-state index in [9.17, 15) is 9.59 Å². The van der Waals surface area contributed by atoms with Gasteiger partial charge in [-0.1, -0.05) is 18.5 Å². The van der Waals surface area contributed by atoms with Crippen LogP contribution in [0.15, 0.2) is 12.1 Å². The zero-order valence-electron chi connectivity index (χ0n) is 11.8. The van der Waals surface area contributed by atoms with Gasteiger partial charge < -0.3 is 15.2 Å². The summed E-state index contributed by atoms with van der Waals surface area (Å²) in [5, 5.41) is 12.0. The Kier molecular flexibility index (Phi) is 7.24. The molecular weight excluding hydrogens is 409 g/mol. The zero-order chi connectivity index (χ0) is 16.0. The summed E-state index contributed by atoms with van der Waals surface area (Å²) in [6.45, 7) is 2.05. The van der Waals surface area contributed by atoms with Crippen molar-refractivity contribution in [3.63, 3.8) is 0 Å². The highest BCUT2D eigenvalue weighted by Crippen LogP contribution is 2.28. The molecule has 1 atom stereocenters. The van der Waals surface area contributed by atoms with Crippen LogP contribution in [0.2, 0.25) is 5.02 Å². The van der Waals surface area contributed by atoms with E-state index in [-0.39, 0.29) is 5.91 Å². The monoisotopic (exact) mass is 425 g/mol. The van der Waals surface area contributed by atoms with E-state index >= 15 is 0 Å². The van der Waals surface area contributed by atoms with Crippen LogP contribution in [-0.2, 0) is 4.79 Å². The first kappa shape index (κ1) is 18.0. The minimum absolute atomic E-state index is 0.284. The van der Waals surface area contributed by atoms with Crippen molar-refractivity contribution in [2.45, 2.75) is 19.8 Å². The number of carboxylic acids is 1. The minimum Gasteiger partial charge on any atom is -0.496 e. The molecule has 0 heterocycles. The van der Waals surface area contributed by atoms with Gasteiger partial charge in [-0.05, 0) is 47.6 Å². The molecule has 0 fully saturated rings. The fourth-order valence-corrected chi connectivity index (χ4v) is 2.31. The Morgan fingerprint density at radius 2 is 2.14 bits per heavy atom. The van der Waals surface area contributed by atoms with Gasteiger partial charge >= 0.3 is 5.97 Å². The largest absolute Gasteiger partial charge is 0.496 e. The van der Waals surface area contributed by atoms with Crippen LogP contribution in [0, 0.1) is 9.49 Å². The maximum Gasteiger partial charge on any atom is 0.306 e. The van der Waals surface area contributed by atoms with Crippen LogP contribution in [0.3, 0.4) is 0 Å². The molecule has 0 saturated heterocycles. The standard InChI is InChI=1S/C14H17ClINO4/c1-8(14(19)20)4-3-5-17-13(18)9-6-10(15)11(16)7-12(9)21-2/h6-8H,3-5H2,1-2H3,(H,17,18)(H,19,20). The molecule has 0 aliphatic heterocycles. The van der Waals surface area contributed by atoms with Gasteiger partial charge in [0.1, 0.15) is 5.75 Å². The fourth-order valence-electron chi connectivity index (χ4n) is 1.70. The Hall–Kier alpha value is -1.02. The average molecular weight is 426 g/mol. The minimum atomic E-state index is -0.826. The van der Waals surface area contributed by atoms with Gasteiger partial charge in [0.05, 0.1) is 23.6 Å². The number of halogens is 2. The van der Waals surface area contributed by atoms with Gasteiger partial charge in [0.15, 0.2) is 0 Å². The number of rotatable bonds is 7. The predicted molar refractivity (Wildman–Crippen MR) is 89.1 cm³/mol. The Morgan fingerprint density at radius 1 is 1.48 bits per heavy atom. The second kappa shape index (κ2) is 8.43. The highest BCUT2D eigenvalue weighted by atomic mass is 127. The molecule has 0 bridgehead atoms. The lowest BCUT2D eigenvalue weighted by atomic mass is 10.1. The SMILES string of the molecule is COc1cc(I)c(Cl)cc1C(=O)NCCCC(C)C(=O)O. The maximum atomic E-state index is 12.1. The van der Waals surface area contributed by atoms with E-state index in [1.165, 1.54) is 7.11 Å². The van der Waals surface area contributed by atoms with Crippen LogP contribution in [0.4, 0.5) is 0 Å². The van der Waals surface area contributed by atoms with E-state index < -0.39 is 11.9 Å². The fraction of sp³-hybridized carbons (Fsp3) is 0.429. The summed E-state index contributed by atoms with van der Waals surface area (Å²) in [7, 11) is 1.49. The predicted octanol–water partition coefficient (Wildman–Crippen LogP) is 3.18. The molecule has 0 aliphatic carbocycles. The van der Waals surface area contributed by atoms with Crippen molar-refractivity contribution in [2.24, 2.45) is 5.92 Å². The number of hydrogen-bond donors (Lipinski definition) is 2. The molecule has 0 radical (unpaired) electrons. The van der Waals surface area contributed by atoms with Crippen LogP contribution in [0.5, 0.6) is 5.75 Å². The number of carboxylic acid groups (broad SMARTS) is 1. The highest BCUT2D eigenvalue weighted by Gasteiger charge is 2.15. The zero-order valence-corrected chi connectivity index (χ0v) is 14.7. The summed E-state index contributed by atoms with van der Waals surface area (Å²) in [4.78, 5) is 22.8. The molecule has 1 rings (SSSR count). The van der Waals surface area contributed by atoms with Gasteiger partial charge in [0.2, 0.25) is 0 Å². The molecule has 1 aromatic rings. The normalized spacial score (nSPS) is 11.8. The third-order valence-corrected chi connectivity index (χ3v) is 4.53. The van der Waals surface area contributed by atoms with E-state index in [0.717, 1.165) is 3.57 Å². The van der Waals surface area contributed by atoms with Crippen molar-refractivity contribution in [1.82, 2.24) is 5.32 Å². The quantitative estimate of drug-likeness (QED) is 0.520. The van der Waals surface area contributed by atoms with Gasteiger partial charge in [-0.15, -0.1) is 0 Å². The lowest BCUT2D eigenvalue weighted by Crippen LogP contribution is -2.25. The first-order valence-electron chi connectivity index (χ1n) is 6.40. The van der Waals surface area contributed by atoms with E-state index in [2.05, 4.69) is 27.9 Å². The van der Waals surface area contributed by atoms with Crippen LogP contribution in [-0.4, -0.2) is 30.6 Å². The average Bonchev–Trinajstić information content (AvgIpc) is 2.45. The maximum absolute atomic E-state index is 12.1. The smallest absolute Gasteiger partial charge is 0.306 e. The van der Waals surface area contributed by atoms with Crippen LogP contribution >= 0.6 is 34.2 Å². The lowest BCUT2D eigenvalue weighted by molar-refractivity contribution is -0.141. The summed E-state index contributed by atoms with van der Waals surface area (Å²) < 4.78 is 5.98. The number of nitrogens with one attached hydrogen (secondary N) is 1. The van der Waals surface area contributed by atoms with Crippen LogP contribution < -0.4 is 10.1 Å². The van der Waals surface area contributed by atoms with E-state index in [1.54, 1.807) is 19.1 Å². The Labute approximate surface area is 142 Å². The topological polar surface area (TPSA) is 75.6 Å². The van der Waals surface area contributed by atoms with Gasteiger partial charge in [-0.3, -0.25) is 9.59 Å². The molecule has 1 aromatic carbocycles. The van der Waals surface area contributed by atoms with Crippen molar-refractivity contribution < 1.29 is 19.4 Å². The highest BCUT2D eigenvalue weighted by molar-refractivity contribution is 14.1. The Balaban J connectivity index is 2.60. The van der Waals surface area contributed by atoms with Crippen molar-refractivity contribution in [1.29, 1.82) is 0 Å². The van der Waals surface area contributed by atoms with Crippen molar-refractivity contribution in [3.05, 3.63) is 26.3 Å². The van der Waals surface area contributed by atoms with Crippen LogP contribution in [0.1, 0.15) is 30.1 Å². The first-order chi connectivity index (χ1) is 9.86. The molecule has 0 spiro atoms. The van der Waals surface area contributed by atoms with Crippen molar-refractivity contribution in [2.75, 3.05) is 13.7 Å². The van der Waals surface area contributed by atoms with Crippen molar-refractivity contribution in [3.8, 4) is 5.75 Å². The summed E-state index contributed by atoms with van der Waals surface area (Å²) in [6, 6.07) is 3.27. The van der Waals surface area contributed by atoms with Crippen LogP contribution in [0.25, 0.3) is 0 Å². The van der Waals surface area contributed by atoms with Gasteiger partial charge in [0, 0.05) is 10.1 Å². The second-order valence-corrected chi connectivity index (χ2v) is 6.17. The number of carbonyl (C=O) groups excluding carboxylic acids is 1. The number of amides is 1.